The summed E-state index contributed by atoms with van der Waals surface area (Å²) in [6, 6.07) is 7.69. The zero-order valence-electron chi connectivity index (χ0n) is 8.91. The van der Waals surface area contributed by atoms with Crippen LogP contribution in [0.2, 0.25) is 0 Å². The van der Waals surface area contributed by atoms with Gasteiger partial charge in [-0.2, -0.15) is 0 Å². The van der Waals surface area contributed by atoms with Gasteiger partial charge in [0.15, 0.2) is 0 Å². The fourth-order valence-electron chi connectivity index (χ4n) is 1.47. The van der Waals surface area contributed by atoms with Crippen molar-refractivity contribution in [3.8, 4) is 0 Å². The van der Waals surface area contributed by atoms with E-state index in [4.69, 9.17) is 5.11 Å². The van der Waals surface area contributed by atoms with Crippen LogP contribution >= 0.6 is 0 Å². The Morgan fingerprint density at radius 2 is 2.12 bits per heavy atom. The lowest BCUT2D eigenvalue weighted by molar-refractivity contribution is -0.632. The fourth-order valence-corrected chi connectivity index (χ4v) is 1.47. The van der Waals surface area contributed by atoms with Crippen molar-refractivity contribution in [2.45, 2.75) is 12.1 Å². The number of ether oxygens (including phenoxy) is 1. The first-order chi connectivity index (χ1) is 8.03. The fraction of sp³-hybridized carbons (Fsp3) is 0.182. The van der Waals surface area contributed by atoms with Crippen LogP contribution in [-0.2, 0) is 10.5 Å². The monoisotopic (exact) mass is 237 g/mol. The second-order valence-electron chi connectivity index (χ2n) is 3.27. The van der Waals surface area contributed by atoms with Crippen molar-refractivity contribution < 1.29 is 19.6 Å². The number of benzene rings is 1. The second kappa shape index (κ2) is 5.11. The molecule has 0 aliphatic heterocycles. The highest BCUT2D eigenvalue weighted by Gasteiger charge is 2.48. The van der Waals surface area contributed by atoms with Crippen LogP contribution < -0.4 is 0 Å². The van der Waals surface area contributed by atoms with Gasteiger partial charge in [0, 0.05) is 0 Å². The largest absolute Gasteiger partial charge is 0.511 e. The highest BCUT2D eigenvalue weighted by molar-refractivity contribution is 5.57. The molecule has 6 nitrogen and oxygen atoms in total. The summed E-state index contributed by atoms with van der Waals surface area (Å²) in [6.07, 6.45) is -0.692. The van der Waals surface area contributed by atoms with Gasteiger partial charge in [-0.3, -0.25) is 10.1 Å². The van der Waals surface area contributed by atoms with E-state index in [-0.39, 0.29) is 12.0 Å². The van der Waals surface area contributed by atoms with Gasteiger partial charge in [0.2, 0.25) is 0 Å². The van der Waals surface area contributed by atoms with Gasteiger partial charge in [0.25, 0.3) is 0 Å². The molecule has 1 atom stereocenters. The normalized spacial score (nSPS) is 13.4. The summed E-state index contributed by atoms with van der Waals surface area (Å²) >= 11 is 0. The van der Waals surface area contributed by atoms with Gasteiger partial charge < -0.3 is 9.84 Å². The molecule has 0 aliphatic carbocycles. The molecule has 0 aliphatic rings. The number of nitro groups is 1. The summed E-state index contributed by atoms with van der Waals surface area (Å²) in [5, 5.41) is 19.7. The van der Waals surface area contributed by atoms with Gasteiger partial charge in [-0.15, -0.1) is 6.58 Å². The van der Waals surface area contributed by atoms with E-state index in [9.17, 15) is 14.9 Å². The van der Waals surface area contributed by atoms with Gasteiger partial charge in [-0.1, -0.05) is 24.3 Å². The third-order valence-corrected chi connectivity index (χ3v) is 2.20. The highest BCUT2D eigenvalue weighted by atomic mass is 16.7. The van der Waals surface area contributed by atoms with Crippen molar-refractivity contribution >= 4 is 6.16 Å². The molecule has 1 unspecified atom stereocenters. The third kappa shape index (κ3) is 2.60. The Hall–Kier alpha value is -2.37. The molecule has 6 heteroatoms. The predicted octanol–water partition coefficient (Wildman–Crippen LogP) is 2.39. The Morgan fingerprint density at radius 3 is 2.53 bits per heavy atom. The van der Waals surface area contributed by atoms with Crippen LogP contribution in [0, 0.1) is 10.1 Å². The van der Waals surface area contributed by atoms with E-state index in [0.29, 0.717) is 0 Å². The molecular weight excluding hydrogens is 226 g/mol. The first-order valence-corrected chi connectivity index (χ1v) is 4.76. The van der Waals surface area contributed by atoms with E-state index >= 15 is 0 Å². The van der Waals surface area contributed by atoms with Crippen molar-refractivity contribution in [2.75, 3.05) is 0 Å². The van der Waals surface area contributed by atoms with Crippen LogP contribution in [-0.4, -0.2) is 16.2 Å². The van der Waals surface area contributed by atoms with Gasteiger partial charge in [0.05, 0.1) is 16.9 Å². The quantitative estimate of drug-likeness (QED) is 0.279. The third-order valence-electron chi connectivity index (χ3n) is 2.20. The van der Waals surface area contributed by atoms with Crippen LogP contribution in [0.1, 0.15) is 12.0 Å². The number of rotatable bonds is 5. The smallest absolute Gasteiger partial charge is 0.450 e. The molecular formula is C11H11NO5. The Morgan fingerprint density at radius 1 is 1.53 bits per heavy atom. The minimum Gasteiger partial charge on any atom is -0.450 e. The van der Waals surface area contributed by atoms with Crippen LogP contribution in [0.4, 0.5) is 4.79 Å². The lowest BCUT2D eigenvalue weighted by atomic mass is 10.00. The lowest BCUT2D eigenvalue weighted by Crippen LogP contribution is -2.39. The zero-order valence-corrected chi connectivity index (χ0v) is 8.91. The summed E-state index contributed by atoms with van der Waals surface area (Å²) in [6.45, 7) is 3.38. The summed E-state index contributed by atoms with van der Waals surface area (Å²) in [5.41, 5.74) is -1.97. The van der Waals surface area contributed by atoms with Gasteiger partial charge >= 0.3 is 11.9 Å². The van der Waals surface area contributed by atoms with Gasteiger partial charge in [-0.25, -0.2) is 4.79 Å². The van der Waals surface area contributed by atoms with Crippen molar-refractivity contribution in [2.24, 2.45) is 0 Å². The number of hydrogen-bond donors (Lipinski definition) is 1. The predicted molar refractivity (Wildman–Crippen MR) is 59.0 cm³/mol. The molecule has 17 heavy (non-hydrogen) atoms. The second-order valence-corrected chi connectivity index (χ2v) is 3.27. The van der Waals surface area contributed by atoms with Crippen molar-refractivity contribution in [1.29, 1.82) is 0 Å². The first-order valence-electron chi connectivity index (χ1n) is 4.76. The molecule has 0 fully saturated rings. The number of hydrogen-bond acceptors (Lipinski definition) is 4. The molecule has 0 spiro atoms. The van der Waals surface area contributed by atoms with Gasteiger partial charge in [-0.05, 0) is 12.1 Å². The number of carbonyl (C=O) groups is 1. The summed E-state index contributed by atoms with van der Waals surface area (Å²) in [4.78, 5) is 21.0. The molecule has 0 bridgehead atoms. The number of carboxylic acid groups (broad SMARTS) is 1. The summed E-state index contributed by atoms with van der Waals surface area (Å²) in [5.74, 6) is 0. The maximum atomic E-state index is 11.1. The van der Waals surface area contributed by atoms with E-state index in [1.807, 2.05) is 0 Å². The first kappa shape index (κ1) is 12.7. The van der Waals surface area contributed by atoms with E-state index < -0.39 is 16.8 Å². The Balaban J connectivity index is 3.28. The van der Waals surface area contributed by atoms with E-state index in [1.165, 1.54) is 18.2 Å². The molecule has 1 aromatic carbocycles. The number of nitrogens with zero attached hydrogens (tertiary/aromatic N) is 1. The average molecular weight is 237 g/mol. The maximum absolute atomic E-state index is 11.1. The molecule has 0 saturated heterocycles. The molecule has 0 amide bonds. The molecule has 90 valence electrons. The lowest BCUT2D eigenvalue weighted by Gasteiger charge is -2.22. The van der Waals surface area contributed by atoms with Crippen LogP contribution in [0.5, 0.6) is 0 Å². The summed E-state index contributed by atoms with van der Waals surface area (Å²) < 4.78 is 4.47. The standard InChI is InChI=1S/C11H11NO5/c1-2-8-11(12(15)16,17-10(13)14)9-6-4-3-5-7-9/h2-7H,1,8H2,(H,13,14). The van der Waals surface area contributed by atoms with Crippen molar-refractivity contribution in [3.63, 3.8) is 0 Å². The molecule has 0 heterocycles. The summed E-state index contributed by atoms with van der Waals surface area (Å²) in [7, 11) is 0. The average Bonchev–Trinajstić information content (AvgIpc) is 2.28. The maximum Gasteiger partial charge on any atom is 0.511 e. The van der Waals surface area contributed by atoms with E-state index in [1.54, 1.807) is 18.2 Å². The minimum atomic E-state index is -2.13. The van der Waals surface area contributed by atoms with Crippen LogP contribution in [0.3, 0.4) is 0 Å². The highest BCUT2D eigenvalue weighted by Crippen LogP contribution is 2.30. The van der Waals surface area contributed by atoms with Crippen molar-refractivity contribution in [1.82, 2.24) is 0 Å². The van der Waals surface area contributed by atoms with Crippen molar-refractivity contribution in [3.05, 3.63) is 58.7 Å². The minimum absolute atomic E-state index is 0.160. The van der Waals surface area contributed by atoms with Gasteiger partial charge in [0.1, 0.15) is 0 Å². The van der Waals surface area contributed by atoms with E-state index in [2.05, 4.69) is 11.3 Å². The zero-order chi connectivity index (χ0) is 12.9. The SMILES string of the molecule is C=CCC(OC(=O)O)(c1ccccc1)[N+](=O)[O-]. The van der Waals surface area contributed by atoms with E-state index in [0.717, 1.165) is 0 Å². The topological polar surface area (TPSA) is 89.7 Å². The Bertz CT molecular complexity index is 431. The molecule has 0 aromatic heterocycles. The van der Waals surface area contributed by atoms with Crippen LogP contribution in [0.15, 0.2) is 43.0 Å². The molecule has 0 saturated carbocycles. The molecule has 1 aromatic rings. The molecule has 1 N–H and O–H groups in total. The molecule has 0 radical (unpaired) electrons. The Kier molecular flexibility index (Phi) is 3.82. The Labute approximate surface area is 97.3 Å². The van der Waals surface area contributed by atoms with Crippen LogP contribution in [0.25, 0.3) is 0 Å². The molecule has 1 rings (SSSR count).